The minimum absolute atomic E-state index is 0.586. The van der Waals surface area contributed by atoms with Crippen molar-refractivity contribution < 1.29 is 22.3 Å². The fourth-order valence-corrected chi connectivity index (χ4v) is 1.10. The highest BCUT2D eigenvalue weighted by Gasteiger charge is 2.66. The lowest BCUT2D eigenvalue weighted by Crippen LogP contribution is -2.36. The van der Waals surface area contributed by atoms with E-state index in [4.69, 9.17) is 0 Å². The second-order valence-corrected chi connectivity index (χ2v) is 2.61. The van der Waals surface area contributed by atoms with Gasteiger partial charge in [-0.15, -0.1) is 0 Å². The molecule has 1 aliphatic rings. The van der Waals surface area contributed by atoms with Gasteiger partial charge in [0.15, 0.2) is 0 Å². The first kappa shape index (κ1) is 8.34. The van der Waals surface area contributed by atoms with Gasteiger partial charge in [-0.3, -0.25) is 0 Å². The van der Waals surface area contributed by atoms with Gasteiger partial charge in [0.05, 0.1) is 5.56 Å². The predicted molar refractivity (Wildman–Crippen MR) is 34.7 cm³/mol. The van der Waals surface area contributed by atoms with Crippen molar-refractivity contribution in [3.05, 3.63) is 29.8 Å². The number of halogens is 4. The molecule has 5 heteroatoms. The van der Waals surface area contributed by atoms with Crippen LogP contribution in [0.4, 0.5) is 17.6 Å². The summed E-state index contributed by atoms with van der Waals surface area (Å²) in [6, 6.07) is 5.51. The van der Waals surface area contributed by atoms with Crippen LogP contribution < -0.4 is 4.74 Å². The summed E-state index contributed by atoms with van der Waals surface area (Å²) in [5.41, 5.74) is -0.819. The van der Waals surface area contributed by atoms with Crippen LogP contribution >= 0.6 is 0 Å². The van der Waals surface area contributed by atoms with Crippen molar-refractivity contribution in [2.45, 2.75) is 12.0 Å². The second kappa shape index (κ2) is 2.16. The molecule has 1 aromatic rings. The Morgan fingerprint density at radius 1 is 1.23 bits per heavy atom. The van der Waals surface area contributed by atoms with Crippen molar-refractivity contribution in [1.29, 1.82) is 0 Å². The molecule has 0 aliphatic carbocycles. The predicted octanol–water partition coefficient (Wildman–Crippen LogP) is 2.56. The first-order chi connectivity index (χ1) is 5.95. The highest BCUT2D eigenvalue weighted by atomic mass is 19.3. The zero-order valence-corrected chi connectivity index (χ0v) is 6.15. The molecule has 0 aromatic heterocycles. The van der Waals surface area contributed by atoms with E-state index >= 15 is 0 Å². The van der Waals surface area contributed by atoms with E-state index in [9.17, 15) is 17.6 Å². The van der Waals surface area contributed by atoms with Crippen LogP contribution in [-0.4, -0.2) is 6.11 Å². The summed E-state index contributed by atoms with van der Waals surface area (Å²) >= 11 is 0. The second-order valence-electron chi connectivity index (χ2n) is 2.61. The van der Waals surface area contributed by atoms with Crippen LogP contribution in [0.2, 0.25) is 0 Å². The summed E-state index contributed by atoms with van der Waals surface area (Å²) in [6.07, 6.45) is -4.47. The maximum Gasteiger partial charge on any atom is 0.469 e. The summed E-state index contributed by atoms with van der Waals surface area (Å²) < 4.78 is 54.5. The molecule has 0 bridgehead atoms. The number of rotatable bonds is 0. The standard InChI is InChI=1S/C8H3F4O/c9-7(10)5-3-1-2-4-6(5)13-8(7,11)12/h1-3H. The van der Waals surface area contributed by atoms with Crippen LogP contribution in [0.15, 0.2) is 18.2 Å². The lowest BCUT2D eigenvalue weighted by atomic mass is 10.1. The average molecular weight is 191 g/mol. The van der Waals surface area contributed by atoms with E-state index in [1.807, 2.05) is 0 Å². The van der Waals surface area contributed by atoms with Crippen molar-refractivity contribution in [1.82, 2.24) is 0 Å². The van der Waals surface area contributed by atoms with Crippen molar-refractivity contribution >= 4 is 0 Å². The first-order valence-electron chi connectivity index (χ1n) is 3.41. The van der Waals surface area contributed by atoms with Crippen LogP contribution in [-0.2, 0) is 5.92 Å². The zero-order valence-electron chi connectivity index (χ0n) is 6.15. The van der Waals surface area contributed by atoms with E-state index < -0.39 is 23.3 Å². The lowest BCUT2D eigenvalue weighted by Gasteiger charge is -2.15. The summed E-state index contributed by atoms with van der Waals surface area (Å²) in [6.45, 7) is 0. The van der Waals surface area contributed by atoms with Crippen LogP contribution in [0.25, 0.3) is 0 Å². The number of fused-ring (bicyclic) bond motifs is 1. The maximum atomic E-state index is 12.8. The molecule has 1 radical (unpaired) electrons. The molecule has 0 N–H and O–H groups in total. The summed E-state index contributed by atoms with van der Waals surface area (Å²) in [4.78, 5) is 0. The fraction of sp³-hybridized carbons (Fsp3) is 0.250. The molecule has 0 unspecified atom stereocenters. The Morgan fingerprint density at radius 3 is 2.54 bits per heavy atom. The van der Waals surface area contributed by atoms with Crippen LogP contribution in [0, 0.1) is 6.07 Å². The van der Waals surface area contributed by atoms with E-state index in [2.05, 4.69) is 10.8 Å². The number of hydrogen-bond acceptors (Lipinski definition) is 1. The minimum atomic E-state index is -4.47. The average Bonchev–Trinajstić information content (AvgIpc) is 2.20. The normalized spacial score (nSPS) is 22.2. The van der Waals surface area contributed by atoms with Gasteiger partial charge in [0.2, 0.25) is 0 Å². The zero-order chi connectivity index (χ0) is 9.69. The third kappa shape index (κ3) is 0.928. The highest BCUT2D eigenvalue weighted by Crippen LogP contribution is 2.52. The molecule has 0 atom stereocenters. The monoisotopic (exact) mass is 191 g/mol. The first-order valence-corrected chi connectivity index (χ1v) is 3.41. The molecule has 1 heterocycles. The Hall–Kier alpha value is -1.26. The Labute approximate surface area is 70.9 Å². The van der Waals surface area contributed by atoms with Crippen LogP contribution in [0.1, 0.15) is 5.56 Å². The molecule has 0 saturated heterocycles. The Bertz CT molecular complexity index is 348. The van der Waals surface area contributed by atoms with Gasteiger partial charge in [-0.1, -0.05) is 12.1 Å². The van der Waals surface area contributed by atoms with E-state index in [1.165, 1.54) is 12.1 Å². The summed E-state index contributed by atoms with van der Waals surface area (Å²) in [5, 5.41) is 0. The summed E-state index contributed by atoms with van der Waals surface area (Å²) in [5.74, 6) is -4.85. The topological polar surface area (TPSA) is 9.23 Å². The van der Waals surface area contributed by atoms with Gasteiger partial charge in [-0.05, 0) is 6.07 Å². The molecule has 0 fully saturated rings. The van der Waals surface area contributed by atoms with Crippen molar-refractivity contribution in [3.8, 4) is 5.75 Å². The van der Waals surface area contributed by atoms with Crippen molar-refractivity contribution in [2.75, 3.05) is 0 Å². The molecule has 0 spiro atoms. The van der Waals surface area contributed by atoms with Crippen LogP contribution in [0.5, 0.6) is 5.75 Å². The number of ether oxygens (including phenoxy) is 1. The number of hydrogen-bond donors (Lipinski definition) is 0. The largest absolute Gasteiger partial charge is 0.469 e. The van der Waals surface area contributed by atoms with Gasteiger partial charge < -0.3 is 4.74 Å². The molecule has 1 aromatic carbocycles. The Kier molecular flexibility index (Phi) is 1.38. The molecule has 1 nitrogen and oxygen atoms in total. The third-order valence-corrected chi connectivity index (χ3v) is 1.75. The summed E-state index contributed by atoms with van der Waals surface area (Å²) in [7, 11) is 0. The fourth-order valence-electron chi connectivity index (χ4n) is 1.10. The van der Waals surface area contributed by atoms with Gasteiger partial charge >= 0.3 is 12.0 Å². The molecule has 1 aliphatic heterocycles. The highest BCUT2D eigenvalue weighted by molar-refractivity contribution is 5.40. The Morgan fingerprint density at radius 2 is 1.92 bits per heavy atom. The van der Waals surface area contributed by atoms with E-state index in [0.29, 0.717) is 0 Å². The van der Waals surface area contributed by atoms with Gasteiger partial charge in [0.25, 0.3) is 0 Å². The minimum Gasteiger partial charge on any atom is -0.427 e. The van der Waals surface area contributed by atoms with E-state index in [1.54, 1.807) is 0 Å². The van der Waals surface area contributed by atoms with Crippen molar-refractivity contribution in [2.24, 2.45) is 0 Å². The molecular formula is C8H3F4O. The molecule has 2 rings (SSSR count). The molecule has 13 heavy (non-hydrogen) atoms. The maximum absolute atomic E-state index is 12.8. The lowest BCUT2D eigenvalue weighted by molar-refractivity contribution is -0.296. The number of para-hydroxylation sites is 1. The number of benzene rings is 1. The SMILES string of the molecule is FC1(F)Oc2[c]cccc2C1(F)F. The molecular weight excluding hydrogens is 188 g/mol. The number of alkyl halides is 4. The van der Waals surface area contributed by atoms with Gasteiger partial charge in [0.1, 0.15) is 5.75 Å². The molecule has 0 saturated carbocycles. The van der Waals surface area contributed by atoms with Gasteiger partial charge in [0, 0.05) is 6.07 Å². The third-order valence-electron chi connectivity index (χ3n) is 1.75. The molecule has 69 valence electrons. The van der Waals surface area contributed by atoms with E-state index in [0.717, 1.165) is 6.07 Å². The van der Waals surface area contributed by atoms with Gasteiger partial charge in [-0.25, -0.2) is 0 Å². The van der Waals surface area contributed by atoms with Crippen LogP contribution in [0.3, 0.4) is 0 Å². The quantitative estimate of drug-likeness (QED) is 0.572. The van der Waals surface area contributed by atoms with Crippen molar-refractivity contribution in [3.63, 3.8) is 0 Å². The van der Waals surface area contributed by atoms with Gasteiger partial charge in [-0.2, -0.15) is 17.6 Å². The smallest absolute Gasteiger partial charge is 0.427 e. The molecule has 0 amide bonds. The Balaban J connectivity index is 2.60. The van der Waals surface area contributed by atoms with E-state index in [-0.39, 0.29) is 0 Å².